The van der Waals surface area contributed by atoms with E-state index >= 15 is 0 Å². The number of rotatable bonds is 5. The highest BCUT2D eigenvalue weighted by molar-refractivity contribution is 5.80. The lowest BCUT2D eigenvalue weighted by Crippen LogP contribution is -2.24. The molecule has 1 rings (SSSR count). The van der Waals surface area contributed by atoms with Gasteiger partial charge in [-0.15, -0.1) is 6.42 Å². The fourth-order valence-corrected chi connectivity index (χ4v) is 1.08. The molecule has 80 valence electrons. The second kappa shape index (κ2) is 5.92. The van der Waals surface area contributed by atoms with Crippen molar-refractivity contribution in [2.45, 2.75) is 12.8 Å². The summed E-state index contributed by atoms with van der Waals surface area (Å²) in [5, 5.41) is 2.81. The van der Waals surface area contributed by atoms with E-state index in [1.54, 1.807) is 13.2 Å². The largest absolute Gasteiger partial charge is 0.496 e. The molecular formula is C12H15NO2. The van der Waals surface area contributed by atoms with E-state index in [9.17, 15) is 4.79 Å². The molecule has 1 aliphatic rings. The minimum absolute atomic E-state index is 0.138. The normalized spacial score (nSPS) is 16.1. The van der Waals surface area contributed by atoms with Gasteiger partial charge in [0.2, 0.25) is 5.91 Å². The lowest BCUT2D eigenvalue weighted by Gasteiger charge is -2.00. The standard InChI is InChI=1S/C12H15NO2/c1-3-5-11(15-2)6-4-9-13-12(14)10-7-8-10/h1,4-6,10H,7-9H2,2H3,(H,13,14)/b6-4-,11-5+. The molecule has 1 saturated carbocycles. The highest BCUT2D eigenvalue weighted by Gasteiger charge is 2.28. The van der Waals surface area contributed by atoms with Crippen LogP contribution in [0.15, 0.2) is 24.0 Å². The third-order valence-corrected chi connectivity index (χ3v) is 2.09. The molecule has 0 radical (unpaired) electrons. The minimum Gasteiger partial charge on any atom is -0.496 e. The Hall–Kier alpha value is -1.69. The number of hydrogen-bond donors (Lipinski definition) is 1. The summed E-state index contributed by atoms with van der Waals surface area (Å²) in [5.74, 6) is 3.37. The van der Waals surface area contributed by atoms with Crippen LogP contribution in [-0.2, 0) is 9.53 Å². The summed E-state index contributed by atoms with van der Waals surface area (Å²) < 4.78 is 4.98. The highest BCUT2D eigenvalue weighted by atomic mass is 16.5. The molecule has 0 aromatic carbocycles. The third kappa shape index (κ3) is 4.37. The number of nitrogens with one attached hydrogen (secondary N) is 1. The lowest BCUT2D eigenvalue weighted by molar-refractivity contribution is -0.122. The summed E-state index contributed by atoms with van der Waals surface area (Å²) in [6.45, 7) is 0.514. The SMILES string of the molecule is C#C/C=C(\C=C/CNC(=O)C1CC1)OC. The summed E-state index contributed by atoms with van der Waals surface area (Å²) in [6.07, 6.45) is 12.2. The third-order valence-electron chi connectivity index (χ3n) is 2.09. The van der Waals surface area contributed by atoms with Crippen LogP contribution in [0.3, 0.4) is 0 Å². The zero-order chi connectivity index (χ0) is 11.1. The van der Waals surface area contributed by atoms with Crippen molar-refractivity contribution in [3.63, 3.8) is 0 Å². The van der Waals surface area contributed by atoms with E-state index < -0.39 is 0 Å². The predicted molar refractivity (Wildman–Crippen MR) is 58.8 cm³/mol. The zero-order valence-electron chi connectivity index (χ0n) is 8.82. The van der Waals surface area contributed by atoms with Crippen molar-refractivity contribution in [3.8, 4) is 12.3 Å². The molecule has 0 aliphatic heterocycles. The Morgan fingerprint density at radius 3 is 2.93 bits per heavy atom. The number of carbonyl (C=O) groups is 1. The molecule has 3 nitrogen and oxygen atoms in total. The molecule has 0 unspecified atom stereocenters. The average molecular weight is 205 g/mol. The highest BCUT2D eigenvalue weighted by Crippen LogP contribution is 2.28. The Labute approximate surface area is 90.2 Å². The van der Waals surface area contributed by atoms with Crippen molar-refractivity contribution in [2.75, 3.05) is 13.7 Å². The number of allylic oxidation sites excluding steroid dienone is 2. The Bertz CT molecular complexity index is 319. The fraction of sp³-hybridized carbons (Fsp3) is 0.417. The number of methoxy groups -OCH3 is 1. The van der Waals surface area contributed by atoms with Crippen LogP contribution >= 0.6 is 0 Å². The van der Waals surface area contributed by atoms with E-state index in [4.69, 9.17) is 11.2 Å². The Morgan fingerprint density at radius 2 is 2.40 bits per heavy atom. The van der Waals surface area contributed by atoms with Gasteiger partial charge in [-0.25, -0.2) is 0 Å². The smallest absolute Gasteiger partial charge is 0.223 e. The second-order valence-corrected chi connectivity index (χ2v) is 3.34. The first-order chi connectivity index (χ1) is 7.27. The van der Waals surface area contributed by atoms with E-state index in [1.165, 1.54) is 6.08 Å². The van der Waals surface area contributed by atoms with Gasteiger partial charge in [-0.05, 0) is 18.9 Å². The molecule has 0 saturated heterocycles. The molecule has 0 aromatic heterocycles. The summed E-state index contributed by atoms with van der Waals surface area (Å²) in [4.78, 5) is 11.2. The van der Waals surface area contributed by atoms with Crippen LogP contribution in [0.2, 0.25) is 0 Å². The summed E-state index contributed by atoms with van der Waals surface area (Å²) in [6, 6.07) is 0. The Kier molecular flexibility index (Phi) is 4.49. The first-order valence-electron chi connectivity index (χ1n) is 4.92. The van der Waals surface area contributed by atoms with E-state index in [-0.39, 0.29) is 11.8 Å². The molecule has 0 aromatic rings. The minimum atomic E-state index is 0.138. The molecule has 0 atom stereocenters. The van der Waals surface area contributed by atoms with E-state index in [0.29, 0.717) is 12.3 Å². The van der Waals surface area contributed by atoms with E-state index in [0.717, 1.165) is 12.8 Å². The maximum atomic E-state index is 11.2. The summed E-state index contributed by atoms with van der Waals surface area (Å²) in [5.41, 5.74) is 0. The van der Waals surface area contributed by atoms with Crippen molar-refractivity contribution in [1.82, 2.24) is 5.32 Å². The maximum absolute atomic E-state index is 11.2. The molecule has 1 fully saturated rings. The van der Waals surface area contributed by atoms with Crippen molar-refractivity contribution in [1.29, 1.82) is 0 Å². The Morgan fingerprint density at radius 1 is 1.67 bits per heavy atom. The lowest BCUT2D eigenvalue weighted by atomic mass is 10.3. The molecule has 0 bridgehead atoms. The van der Waals surface area contributed by atoms with Gasteiger partial charge in [0, 0.05) is 18.5 Å². The molecule has 15 heavy (non-hydrogen) atoms. The van der Waals surface area contributed by atoms with Gasteiger partial charge in [-0.2, -0.15) is 0 Å². The number of amides is 1. The van der Waals surface area contributed by atoms with Crippen LogP contribution in [-0.4, -0.2) is 19.6 Å². The number of terminal acetylenes is 1. The molecule has 1 N–H and O–H groups in total. The molecule has 3 heteroatoms. The molecule has 1 aliphatic carbocycles. The zero-order valence-corrected chi connectivity index (χ0v) is 8.82. The van der Waals surface area contributed by atoms with Crippen molar-refractivity contribution >= 4 is 5.91 Å². The topological polar surface area (TPSA) is 38.3 Å². The van der Waals surface area contributed by atoms with Gasteiger partial charge in [0.25, 0.3) is 0 Å². The van der Waals surface area contributed by atoms with Gasteiger partial charge in [-0.3, -0.25) is 4.79 Å². The van der Waals surface area contributed by atoms with E-state index in [2.05, 4.69) is 11.2 Å². The van der Waals surface area contributed by atoms with Gasteiger partial charge < -0.3 is 10.1 Å². The number of carbonyl (C=O) groups excluding carboxylic acids is 1. The van der Waals surface area contributed by atoms with Crippen LogP contribution < -0.4 is 5.32 Å². The quantitative estimate of drug-likeness (QED) is 0.416. The van der Waals surface area contributed by atoms with Gasteiger partial charge in [0.1, 0.15) is 5.76 Å². The summed E-state index contributed by atoms with van der Waals surface area (Å²) in [7, 11) is 1.55. The fourth-order valence-electron chi connectivity index (χ4n) is 1.08. The second-order valence-electron chi connectivity index (χ2n) is 3.34. The van der Waals surface area contributed by atoms with Gasteiger partial charge >= 0.3 is 0 Å². The number of hydrogen-bond acceptors (Lipinski definition) is 2. The number of ether oxygens (including phenoxy) is 1. The predicted octanol–water partition coefficient (Wildman–Crippen LogP) is 1.23. The maximum Gasteiger partial charge on any atom is 0.223 e. The first-order valence-corrected chi connectivity index (χ1v) is 4.92. The first kappa shape index (κ1) is 11.4. The molecule has 0 spiro atoms. The van der Waals surface area contributed by atoms with Crippen LogP contribution in [0.4, 0.5) is 0 Å². The van der Waals surface area contributed by atoms with Crippen LogP contribution in [0.5, 0.6) is 0 Å². The molecule has 0 heterocycles. The monoisotopic (exact) mass is 205 g/mol. The van der Waals surface area contributed by atoms with Crippen molar-refractivity contribution in [3.05, 3.63) is 24.0 Å². The molecular weight excluding hydrogens is 190 g/mol. The van der Waals surface area contributed by atoms with Crippen LogP contribution in [0, 0.1) is 18.3 Å². The van der Waals surface area contributed by atoms with Crippen LogP contribution in [0.1, 0.15) is 12.8 Å². The average Bonchev–Trinajstić information content (AvgIpc) is 3.05. The van der Waals surface area contributed by atoms with Crippen molar-refractivity contribution < 1.29 is 9.53 Å². The van der Waals surface area contributed by atoms with Gasteiger partial charge in [0.05, 0.1) is 7.11 Å². The summed E-state index contributed by atoms with van der Waals surface area (Å²) >= 11 is 0. The van der Waals surface area contributed by atoms with Gasteiger partial charge in [0.15, 0.2) is 0 Å². The Balaban J connectivity index is 2.23. The van der Waals surface area contributed by atoms with E-state index in [1.807, 2.05) is 6.08 Å². The molecule has 1 amide bonds. The van der Waals surface area contributed by atoms with Crippen molar-refractivity contribution in [2.24, 2.45) is 5.92 Å². The van der Waals surface area contributed by atoms with Crippen LogP contribution in [0.25, 0.3) is 0 Å². The van der Waals surface area contributed by atoms with Gasteiger partial charge in [-0.1, -0.05) is 12.0 Å².